The van der Waals surface area contributed by atoms with Crippen LogP contribution in [0.1, 0.15) is 27.2 Å². The molecule has 1 aliphatic heterocycles. The lowest BCUT2D eigenvalue weighted by atomic mass is 10.1. The SMILES string of the molecule is CC(C)(C)OC(=O)N1CC[C@H]1COc1cnc(Cl)c(-c2ccnc([18F])c2)c1. The summed E-state index contributed by atoms with van der Waals surface area (Å²) < 4.78 is 24.5. The minimum Gasteiger partial charge on any atom is -0.490 e. The van der Waals surface area contributed by atoms with E-state index >= 15 is 0 Å². The number of nitrogens with zero attached hydrogens (tertiary/aromatic N) is 3. The number of halogens is 2. The Morgan fingerprint density at radius 2 is 2.15 bits per heavy atom. The predicted molar refractivity (Wildman–Crippen MR) is 99.3 cm³/mol. The molecule has 1 atom stereocenters. The van der Waals surface area contributed by atoms with E-state index in [2.05, 4.69) is 9.97 Å². The third-order valence-electron chi connectivity index (χ3n) is 4.07. The van der Waals surface area contributed by atoms with Crippen molar-refractivity contribution < 1.29 is 18.7 Å². The van der Waals surface area contributed by atoms with Crippen LogP contribution in [-0.4, -0.2) is 45.8 Å². The molecule has 6 nitrogen and oxygen atoms in total. The Morgan fingerprint density at radius 1 is 1.37 bits per heavy atom. The maximum absolute atomic E-state index is 13.4. The molecule has 3 rings (SSSR count). The molecule has 144 valence electrons. The van der Waals surface area contributed by atoms with Crippen molar-refractivity contribution in [3.05, 3.63) is 41.7 Å². The molecule has 2 aromatic heterocycles. The Balaban J connectivity index is 1.65. The lowest BCUT2D eigenvalue weighted by Crippen LogP contribution is -2.55. The van der Waals surface area contributed by atoms with E-state index < -0.39 is 11.5 Å². The Morgan fingerprint density at radius 3 is 2.78 bits per heavy atom. The first-order valence-electron chi connectivity index (χ1n) is 8.63. The van der Waals surface area contributed by atoms with Crippen LogP contribution in [0.25, 0.3) is 11.1 Å². The van der Waals surface area contributed by atoms with Gasteiger partial charge in [0.1, 0.15) is 23.1 Å². The molecule has 1 amide bonds. The molecule has 2 aromatic rings. The van der Waals surface area contributed by atoms with E-state index in [4.69, 9.17) is 21.1 Å². The molecule has 0 N–H and O–H groups in total. The van der Waals surface area contributed by atoms with E-state index in [0.717, 1.165) is 6.42 Å². The first-order valence-corrected chi connectivity index (χ1v) is 9.00. The van der Waals surface area contributed by atoms with Gasteiger partial charge in [0.25, 0.3) is 0 Å². The van der Waals surface area contributed by atoms with E-state index in [9.17, 15) is 9.18 Å². The van der Waals surface area contributed by atoms with Crippen LogP contribution in [0.4, 0.5) is 9.18 Å². The number of ether oxygens (including phenoxy) is 2. The standard InChI is InChI=1S/C19H21ClFN3O3/c1-19(2,3)27-18(25)24-7-5-13(24)11-26-14-9-15(17(20)23-10-14)12-4-6-22-16(21)8-12/h4,6,8-10,13H,5,7,11H2,1-3H3/t13-/m0/s1/i21-1. The van der Waals surface area contributed by atoms with Crippen molar-refractivity contribution in [1.82, 2.24) is 14.9 Å². The second kappa shape index (κ2) is 7.68. The van der Waals surface area contributed by atoms with E-state index in [1.807, 2.05) is 20.8 Å². The highest BCUT2D eigenvalue weighted by molar-refractivity contribution is 6.32. The van der Waals surface area contributed by atoms with Gasteiger partial charge in [0.2, 0.25) is 5.95 Å². The van der Waals surface area contributed by atoms with Gasteiger partial charge in [-0.2, -0.15) is 4.39 Å². The number of pyridine rings is 2. The molecule has 0 aliphatic carbocycles. The summed E-state index contributed by atoms with van der Waals surface area (Å²) in [5, 5.41) is 0.243. The smallest absolute Gasteiger partial charge is 0.410 e. The van der Waals surface area contributed by atoms with Gasteiger partial charge in [0, 0.05) is 24.4 Å². The lowest BCUT2D eigenvalue weighted by molar-refractivity contribution is -0.0141. The fraction of sp³-hybridized carbons (Fsp3) is 0.421. The molecule has 0 spiro atoms. The molecule has 0 bridgehead atoms. The highest BCUT2D eigenvalue weighted by Gasteiger charge is 2.35. The van der Waals surface area contributed by atoms with E-state index in [1.165, 1.54) is 18.5 Å². The average molecular weight is 393 g/mol. The van der Waals surface area contributed by atoms with E-state index in [0.29, 0.717) is 30.0 Å². The number of hydrogen-bond acceptors (Lipinski definition) is 5. The van der Waals surface area contributed by atoms with Crippen molar-refractivity contribution >= 4 is 17.7 Å². The summed E-state index contributed by atoms with van der Waals surface area (Å²) in [4.78, 5) is 21.4. The minimum atomic E-state index is -0.600. The molecular weight excluding hydrogens is 372 g/mol. The van der Waals surface area contributed by atoms with Crippen LogP contribution in [0, 0.1) is 5.95 Å². The molecule has 8 heteroatoms. The number of hydrogen-bond donors (Lipinski definition) is 0. The molecule has 0 unspecified atom stereocenters. The van der Waals surface area contributed by atoms with Crippen LogP contribution < -0.4 is 4.74 Å². The maximum Gasteiger partial charge on any atom is 0.410 e. The van der Waals surface area contributed by atoms with Crippen molar-refractivity contribution in [2.45, 2.75) is 38.8 Å². The van der Waals surface area contributed by atoms with E-state index in [-0.39, 0.29) is 17.3 Å². The maximum atomic E-state index is 13.4. The van der Waals surface area contributed by atoms with Gasteiger partial charge >= 0.3 is 6.09 Å². The van der Waals surface area contributed by atoms with Gasteiger partial charge in [-0.05, 0) is 44.9 Å². The largest absolute Gasteiger partial charge is 0.490 e. The summed E-state index contributed by atoms with van der Waals surface area (Å²) in [6.45, 7) is 6.45. The molecule has 0 radical (unpaired) electrons. The van der Waals surface area contributed by atoms with Crippen LogP contribution in [0.2, 0.25) is 5.15 Å². The van der Waals surface area contributed by atoms with Crippen LogP contribution in [0.3, 0.4) is 0 Å². The number of carbonyl (C=O) groups excluding carboxylic acids is 1. The van der Waals surface area contributed by atoms with Gasteiger partial charge in [-0.15, -0.1) is 0 Å². The Kier molecular flexibility index (Phi) is 5.51. The molecule has 27 heavy (non-hydrogen) atoms. The summed E-state index contributed by atoms with van der Waals surface area (Å²) in [6, 6.07) is 4.56. The lowest BCUT2D eigenvalue weighted by Gasteiger charge is -2.41. The van der Waals surface area contributed by atoms with Crippen molar-refractivity contribution in [1.29, 1.82) is 0 Å². The second-order valence-corrected chi connectivity index (χ2v) is 7.66. The molecule has 1 aliphatic rings. The fourth-order valence-electron chi connectivity index (χ4n) is 2.65. The number of carbonyl (C=O) groups is 1. The number of likely N-dealkylation sites (tertiary alicyclic amines) is 1. The predicted octanol–water partition coefficient (Wildman–Crippen LogP) is 4.32. The molecule has 1 saturated heterocycles. The average Bonchev–Trinajstić information content (AvgIpc) is 2.53. The number of amides is 1. The molecule has 0 saturated carbocycles. The molecule has 0 aromatic carbocycles. The quantitative estimate of drug-likeness (QED) is 0.725. The van der Waals surface area contributed by atoms with Crippen LogP contribution in [0.15, 0.2) is 30.6 Å². The van der Waals surface area contributed by atoms with Gasteiger partial charge < -0.3 is 14.4 Å². The Bertz CT molecular complexity index is 841. The fourth-order valence-corrected chi connectivity index (χ4v) is 2.86. The summed E-state index contributed by atoms with van der Waals surface area (Å²) in [5.41, 5.74) is 0.574. The first-order chi connectivity index (χ1) is 12.7. The first kappa shape index (κ1) is 19.4. The van der Waals surface area contributed by atoms with Crippen molar-refractivity contribution in [2.24, 2.45) is 0 Å². The number of rotatable bonds is 4. The van der Waals surface area contributed by atoms with Crippen LogP contribution >= 0.6 is 11.6 Å². The Labute approximate surface area is 162 Å². The van der Waals surface area contributed by atoms with Gasteiger partial charge in [-0.25, -0.2) is 14.8 Å². The summed E-state index contributed by atoms with van der Waals surface area (Å²) in [7, 11) is 0. The summed E-state index contributed by atoms with van der Waals surface area (Å²) >= 11 is 6.13. The van der Waals surface area contributed by atoms with Gasteiger partial charge in [0.15, 0.2) is 0 Å². The molecule has 3 heterocycles. The summed E-state index contributed by atoms with van der Waals surface area (Å²) in [5.74, 6) is -0.111. The monoisotopic (exact) mass is 392 g/mol. The molecular formula is C19H21ClFN3O3. The highest BCUT2D eigenvalue weighted by Crippen LogP contribution is 2.30. The van der Waals surface area contributed by atoms with Crippen molar-refractivity contribution in [2.75, 3.05) is 13.2 Å². The zero-order valence-corrected chi connectivity index (χ0v) is 16.2. The van der Waals surface area contributed by atoms with Crippen molar-refractivity contribution in [3.8, 4) is 16.9 Å². The Hall–Kier alpha value is -2.41. The topological polar surface area (TPSA) is 64.5 Å². The van der Waals surface area contributed by atoms with Crippen LogP contribution in [0.5, 0.6) is 5.75 Å². The van der Waals surface area contributed by atoms with Gasteiger partial charge in [-0.3, -0.25) is 0 Å². The van der Waals surface area contributed by atoms with E-state index in [1.54, 1.807) is 17.0 Å². The number of aromatic nitrogens is 2. The zero-order chi connectivity index (χ0) is 19.6. The van der Waals surface area contributed by atoms with Crippen LogP contribution in [-0.2, 0) is 4.74 Å². The second-order valence-electron chi connectivity index (χ2n) is 7.30. The minimum absolute atomic E-state index is 0.0580. The van der Waals surface area contributed by atoms with Crippen molar-refractivity contribution in [3.63, 3.8) is 0 Å². The third kappa shape index (κ3) is 4.86. The molecule has 1 fully saturated rings. The zero-order valence-electron chi connectivity index (χ0n) is 15.4. The van der Waals surface area contributed by atoms with Gasteiger partial charge in [-0.1, -0.05) is 11.6 Å². The summed E-state index contributed by atoms with van der Waals surface area (Å²) in [6.07, 6.45) is 3.36. The third-order valence-corrected chi connectivity index (χ3v) is 4.37. The van der Waals surface area contributed by atoms with Gasteiger partial charge in [0.05, 0.1) is 12.2 Å². The highest BCUT2D eigenvalue weighted by atomic mass is 35.5. The normalized spacial score (nSPS) is 16.6.